The maximum Gasteiger partial charge on any atom is 0.180 e. The first kappa shape index (κ1) is 16.5. The number of benzene rings is 2. The molecule has 0 amide bonds. The van der Waals surface area contributed by atoms with Crippen molar-refractivity contribution in [3.63, 3.8) is 0 Å². The van der Waals surface area contributed by atoms with E-state index in [1.807, 2.05) is 36.4 Å². The van der Waals surface area contributed by atoms with Gasteiger partial charge in [0.15, 0.2) is 5.60 Å². The monoisotopic (exact) mass is 310 g/mol. The maximum atomic E-state index is 11.2. The fourth-order valence-electron chi connectivity index (χ4n) is 2.15. The van der Waals surface area contributed by atoms with Crippen molar-refractivity contribution in [3.8, 4) is 11.5 Å². The smallest absolute Gasteiger partial charge is 0.180 e. The van der Waals surface area contributed by atoms with Crippen molar-refractivity contribution in [1.82, 2.24) is 0 Å². The minimum Gasteiger partial charge on any atom is -0.384 e. The van der Waals surface area contributed by atoms with E-state index < -0.39 is 19.8 Å². The molecular weight excluding hydrogens is 288 g/mol. The van der Waals surface area contributed by atoms with Crippen molar-refractivity contribution in [1.29, 1.82) is 0 Å². The molecule has 0 spiro atoms. The van der Waals surface area contributed by atoms with Gasteiger partial charge in [0.25, 0.3) is 0 Å². The van der Waals surface area contributed by atoms with Crippen molar-refractivity contribution >= 4 is 8.07 Å². The topological polar surface area (TPSA) is 40.5 Å². The molecule has 2 aromatic rings. The molecule has 0 heterocycles. The van der Waals surface area contributed by atoms with Gasteiger partial charge in [0, 0.05) is 0 Å². The van der Waals surface area contributed by atoms with E-state index in [9.17, 15) is 10.2 Å². The summed E-state index contributed by atoms with van der Waals surface area (Å²) in [6, 6.07) is 18.3. The molecule has 0 aromatic heterocycles. The highest BCUT2D eigenvalue weighted by atomic mass is 28.3. The summed E-state index contributed by atoms with van der Waals surface area (Å²) in [6.07, 6.45) is -1.10. The van der Waals surface area contributed by atoms with Gasteiger partial charge in [0.05, 0.1) is 0 Å². The molecule has 0 aliphatic carbocycles. The van der Waals surface area contributed by atoms with Crippen LogP contribution in [-0.2, 0) is 5.60 Å². The van der Waals surface area contributed by atoms with Crippen LogP contribution in [0.5, 0.6) is 0 Å². The van der Waals surface area contributed by atoms with E-state index >= 15 is 0 Å². The molecule has 2 aromatic carbocycles. The highest BCUT2D eigenvalue weighted by Crippen LogP contribution is 2.34. The second-order valence-corrected chi connectivity index (χ2v) is 11.2. The van der Waals surface area contributed by atoms with Gasteiger partial charge in [0.2, 0.25) is 0 Å². The molecule has 0 bridgehead atoms. The third-order valence-corrected chi connectivity index (χ3v) is 4.23. The van der Waals surface area contributed by atoms with E-state index in [4.69, 9.17) is 0 Å². The van der Waals surface area contributed by atoms with Gasteiger partial charge < -0.3 is 10.2 Å². The quantitative estimate of drug-likeness (QED) is 0.673. The van der Waals surface area contributed by atoms with Crippen LogP contribution in [0, 0.1) is 11.5 Å². The van der Waals surface area contributed by atoms with Gasteiger partial charge in [-0.2, -0.15) is 0 Å². The van der Waals surface area contributed by atoms with Crippen molar-refractivity contribution in [2.24, 2.45) is 0 Å². The van der Waals surface area contributed by atoms with Crippen LogP contribution < -0.4 is 0 Å². The Morgan fingerprint density at radius 1 is 0.909 bits per heavy atom. The highest BCUT2D eigenvalue weighted by molar-refractivity contribution is 6.83. The molecule has 2 rings (SSSR count). The molecule has 2 unspecified atom stereocenters. The Hall–Kier alpha value is -1.86. The average molecular weight is 310 g/mol. The van der Waals surface area contributed by atoms with Gasteiger partial charge in [-0.3, -0.25) is 0 Å². The SMILES string of the molecule is C[Si](C)(C)C#CC(O)(c1ccccc1)C(O)c1ccccc1. The molecule has 0 fully saturated rings. The predicted octanol–water partition coefficient (Wildman–Crippen LogP) is 3.49. The summed E-state index contributed by atoms with van der Waals surface area (Å²) in [7, 11) is -1.68. The molecule has 0 aliphatic rings. The zero-order valence-electron chi connectivity index (χ0n) is 13.2. The molecule has 0 saturated heterocycles. The predicted molar refractivity (Wildman–Crippen MR) is 92.9 cm³/mol. The Labute approximate surface area is 133 Å². The van der Waals surface area contributed by atoms with Crippen LogP contribution in [0.15, 0.2) is 60.7 Å². The van der Waals surface area contributed by atoms with E-state index in [1.54, 1.807) is 24.3 Å². The lowest BCUT2D eigenvalue weighted by molar-refractivity contribution is -0.0382. The summed E-state index contributed by atoms with van der Waals surface area (Å²) in [5.41, 5.74) is 2.84. The summed E-state index contributed by atoms with van der Waals surface area (Å²) in [5.74, 6) is 2.97. The fraction of sp³-hybridized carbons (Fsp3) is 0.263. The minimum absolute atomic E-state index is 0.608. The normalized spacial score (nSPS) is 15.3. The van der Waals surface area contributed by atoms with Gasteiger partial charge in [-0.15, -0.1) is 5.54 Å². The molecule has 0 radical (unpaired) electrons. The molecule has 22 heavy (non-hydrogen) atoms. The Kier molecular flexibility index (Phi) is 4.87. The summed E-state index contributed by atoms with van der Waals surface area (Å²) in [6.45, 7) is 6.33. The third kappa shape index (κ3) is 3.86. The van der Waals surface area contributed by atoms with E-state index in [0.717, 1.165) is 0 Å². The van der Waals surface area contributed by atoms with Crippen molar-refractivity contribution in [2.75, 3.05) is 0 Å². The van der Waals surface area contributed by atoms with Crippen molar-refractivity contribution in [3.05, 3.63) is 71.8 Å². The number of hydrogen-bond donors (Lipinski definition) is 2. The fourth-order valence-corrected chi connectivity index (χ4v) is 2.72. The molecule has 0 saturated carbocycles. The lowest BCUT2D eigenvalue weighted by Crippen LogP contribution is -2.33. The largest absolute Gasteiger partial charge is 0.384 e. The Bertz CT molecular complexity index is 665. The van der Waals surface area contributed by atoms with E-state index in [0.29, 0.717) is 11.1 Å². The Morgan fingerprint density at radius 3 is 1.91 bits per heavy atom. The maximum absolute atomic E-state index is 11.2. The minimum atomic E-state index is -1.68. The Morgan fingerprint density at radius 2 is 1.41 bits per heavy atom. The molecular formula is C19H22O2Si. The van der Waals surface area contributed by atoms with Crippen LogP contribution >= 0.6 is 0 Å². The number of hydrogen-bond acceptors (Lipinski definition) is 2. The average Bonchev–Trinajstić information content (AvgIpc) is 2.53. The summed E-state index contributed by atoms with van der Waals surface area (Å²) in [4.78, 5) is 0. The summed E-state index contributed by atoms with van der Waals surface area (Å²) >= 11 is 0. The lowest BCUT2D eigenvalue weighted by Gasteiger charge is -2.29. The van der Waals surface area contributed by atoms with Crippen LogP contribution in [-0.4, -0.2) is 18.3 Å². The van der Waals surface area contributed by atoms with E-state index in [1.165, 1.54) is 0 Å². The van der Waals surface area contributed by atoms with Gasteiger partial charge >= 0.3 is 0 Å². The number of aliphatic hydroxyl groups is 2. The van der Waals surface area contributed by atoms with Crippen molar-refractivity contribution in [2.45, 2.75) is 31.3 Å². The molecule has 0 aliphatic heterocycles. The van der Waals surface area contributed by atoms with Crippen LogP contribution in [0.2, 0.25) is 19.6 Å². The lowest BCUT2D eigenvalue weighted by atomic mass is 9.85. The van der Waals surface area contributed by atoms with Gasteiger partial charge in [-0.25, -0.2) is 0 Å². The first-order chi connectivity index (χ1) is 10.3. The highest BCUT2D eigenvalue weighted by Gasteiger charge is 2.37. The first-order valence-corrected chi connectivity index (χ1v) is 10.9. The van der Waals surface area contributed by atoms with Gasteiger partial charge in [0.1, 0.15) is 14.2 Å². The Balaban J connectivity index is 2.53. The van der Waals surface area contributed by atoms with E-state index in [2.05, 4.69) is 31.1 Å². The van der Waals surface area contributed by atoms with Gasteiger partial charge in [-0.1, -0.05) is 86.2 Å². The molecule has 2 N–H and O–H groups in total. The second-order valence-electron chi connectivity index (χ2n) is 6.45. The van der Waals surface area contributed by atoms with Crippen LogP contribution in [0.3, 0.4) is 0 Å². The molecule has 3 heteroatoms. The van der Waals surface area contributed by atoms with Gasteiger partial charge in [-0.05, 0) is 11.1 Å². The summed E-state index contributed by atoms with van der Waals surface area (Å²) < 4.78 is 0. The summed E-state index contributed by atoms with van der Waals surface area (Å²) in [5, 5.41) is 21.9. The standard InChI is InChI=1S/C19H22O2Si/c1-22(2,3)15-14-19(21,17-12-8-5-9-13-17)18(20)16-10-6-4-7-11-16/h4-13,18,20-21H,1-3H3. The van der Waals surface area contributed by atoms with Crippen LogP contribution in [0.4, 0.5) is 0 Å². The number of aliphatic hydroxyl groups excluding tert-OH is 1. The van der Waals surface area contributed by atoms with Crippen molar-refractivity contribution < 1.29 is 10.2 Å². The van der Waals surface area contributed by atoms with E-state index in [-0.39, 0.29) is 0 Å². The second kappa shape index (κ2) is 6.49. The third-order valence-electron chi connectivity index (χ3n) is 3.35. The first-order valence-electron chi connectivity index (χ1n) is 7.38. The number of rotatable bonds is 3. The molecule has 114 valence electrons. The van der Waals surface area contributed by atoms with Crippen LogP contribution in [0.25, 0.3) is 0 Å². The zero-order valence-corrected chi connectivity index (χ0v) is 14.2. The molecule has 2 nitrogen and oxygen atoms in total. The van der Waals surface area contributed by atoms with Crippen LogP contribution in [0.1, 0.15) is 17.2 Å². The zero-order chi connectivity index (χ0) is 16.2. The molecule has 2 atom stereocenters.